The molecule has 1 amide bonds. The van der Waals surface area contributed by atoms with Crippen LogP contribution < -0.4 is 5.32 Å². The summed E-state index contributed by atoms with van der Waals surface area (Å²) < 4.78 is 0. The van der Waals surface area contributed by atoms with Crippen LogP contribution in [0.2, 0.25) is 0 Å². The van der Waals surface area contributed by atoms with E-state index >= 15 is 0 Å². The highest BCUT2D eigenvalue weighted by atomic mass is 16.4. The van der Waals surface area contributed by atoms with Gasteiger partial charge in [0.1, 0.15) is 6.04 Å². The van der Waals surface area contributed by atoms with E-state index in [1.54, 1.807) is 45.3 Å². The third kappa shape index (κ3) is 4.16. The molecule has 0 aliphatic carbocycles. The molecule has 1 aromatic heterocycles. The number of carboxylic acid groups (broad SMARTS) is 1. The van der Waals surface area contributed by atoms with Crippen molar-refractivity contribution in [1.82, 2.24) is 10.3 Å². The fraction of sp³-hybridized carbons (Fsp3) is 0.462. The number of nitrogens with zero attached hydrogens (tertiary/aromatic N) is 1. The zero-order chi connectivity index (χ0) is 13.8. The minimum atomic E-state index is -1.02. The van der Waals surface area contributed by atoms with Crippen LogP contribution in [0.5, 0.6) is 0 Å². The van der Waals surface area contributed by atoms with Gasteiger partial charge >= 0.3 is 5.97 Å². The molecule has 98 valence electrons. The van der Waals surface area contributed by atoms with Crippen LogP contribution in [-0.4, -0.2) is 28.0 Å². The molecule has 1 atom stereocenters. The summed E-state index contributed by atoms with van der Waals surface area (Å²) in [5.41, 5.74) is 0.278. The molecule has 0 radical (unpaired) electrons. The van der Waals surface area contributed by atoms with E-state index in [2.05, 4.69) is 10.3 Å². The van der Waals surface area contributed by atoms with Gasteiger partial charge in [-0.3, -0.25) is 9.78 Å². The molecule has 18 heavy (non-hydrogen) atoms. The van der Waals surface area contributed by atoms with Crippen molar-refractivity contribution < 1.29 is 14.7 Å². The van der Waals surface area contributed by atoms with Gasteiger partial charge in [-0.2, -0.15) is 0 Å². The average molecular weight is 250 g/mol. The maximum atomic E-state index is 11.8. The van der Waals surface area contributed by atoms with E-state index in [0.717, 1.165) is 5.56 Å². The Kier molecular flexibility index (Phi) is 4.42. The summed E-state index contributed by atoms with van der Waals surface area (Å²) in [6.45, 7) is 5.33. The molecule has 0 aliphatic rings. The van der Waals surface area contributed by atoms with Crippen molar-refractivity contribution in [3.05, 3.63) is 30.1 Å². The first-order chi connectivity index (χ1) is 8.30. The Labute approximate surface area is 106 Å². The first kappa shape index (κ1) is 14.2. The number of hydrogen-bond acceptors (Lipinski definition) is 3. The predicted octanol–water partition coefficient (Wildman–Crippen LogP) is 1.24. The molecule has 0 unspecified atom stereocenters. The van der Waals surface area contributed by atoms with Gasteiger partial charge in [-0.25, -0.2) is 4.79 Å². The molecule has 5 heteroatoms. The van der Waals surface area contributed by atoms with E-state index in [0.29, 0.717) is 0 Å². The topological polar surface area (TPSA) is 79.3 Å². The molecule has 0 aromatic carbocycles. The van der Waals surface area contributed by atoms with Gasteiger partial charge in [-0.05, 0) is 23.1 Å². The van der Waals surface area contributed by atoms with Crippen LogP contribution in [0.3, 0.4) is 0 Å². The van der Waals surface area contributed by atoms with E-state index in [1.165, 1.54) is 0 Å². The summed E-state index contributed by atoms with van der Waals surface area (Å²) in [4.78, 5) is 26.7. The van der Waals surface area contributed by atoms with Crippen molar-refractivity contribution in [3.63, 3.8) is 0 Å². The van der Waals surface area contributed by atoms with Crippen molar-refractivity contribution in [2.24, 2.45) is 5.41 Å². The second-order valence-electron chi connectivity index (χ2n) is 5.24. The number of hydrogen-bond donors (Lipinski definition) is 2. The number of carbonyl (C=O) groups is 2. The monoisotopic (exact) mass is 250 g/mol. The standard InChI is InChI=1S/C13H18N2O3/c1-13(2,3)11(12(17)18)15-10(16)8-9-4-6-14-7-5-9/h4-7,11H,8H2,1-3H3,(H,15,16)(H,17,18)/t11-/m1/s1. The summed E-state index contributed by atoms with van der Waals surface area (Å²) in [5.74, 6) is -1.32. The number of nitrogens with one attached hydrogen (secondary N) is 1. The highest BCUT2D eigenvalue weighted by molar-refractivity contribution is 5.85. The minimum Gasteiger partial charge on any atom is -0.480 e. The molecular weight excluding hydrogens is 232 g/mol. The molecule has 1 heterocycles. The Morgan fingerprint density at radius 2 is 1.89 bits per heavy atom. The van der Waals surface area contributed by atoms with E-state index in [-0.39, 0.29) is 12.3 Å². The van der Waals surface area contributed by atoms with Crippen molar-refractivity contribution in [3.8, 4) is 0 Å². The Morgan fingerprint density at radius 3 is 2.33 bits per heavy atom. The van der Waals surface area contributed by atoms with E-state index in [9.17, 15) is 9.59 Å². The third-order valence-electron chi connectivity index (χ3n) is 2.53. The molecule has 1 aromatic rings. The molecule has 2 N–H and O–H groups in total. The average Bonchev–Trinajstić information content (AvgIpc) is 2.25. The number of carbonyl (C=O) groups excluding carboxylic acids is 1. The largest absolute Gasteiger partial charge is 0.480 e. The van der Waals surface area contributed by atoms with Crippen LogP contribution in [0.15, 0.2) is 24.5 Å². The quantitative estimate of drug-likeness (QED) is 0.842. The molecule has 0 fully saturated rings. The molecule has 5 nitrogen and oxygen atoms in total. The molecule has 0 spiro atoms. The summed E-state index contributed by atoms with van der Waals surface area (Å²) >= 11 is 0. The summed E-state index contributed by atoms with van der Waals surface area (Å²) in [6.07, 6.45) is 3.35. The lowest BCUT2D eigenvalue weighted by Gasteiger charge is -2.27. The second kappa shape index (κ2) is 5.62. The van der Waals surface area contributed by atoms with Gasteiger partial charge in [0.2, 0.25) is 5.91 Å². The zero-order valence-corrected chi connectivity index (χ0v) is 10.8. The van der Waals surface area contributed by atoms with Crippen LogP contribution in [0.25, 0.3) is 0 Å². The second-order valence-corrected chi connectivity index (χ2v) is 5.24. The minimum absolute atomic E-state index is 0.155. The van der Waals surface area contributed by atoms with E-state index in [4.69, 9.17) is 5.11 Å². The first-order valence-corrected chi connectivity index (χ1v) is 5.72. The normalized spacial score (nSPS) is 12.8. The van der Waals surface area contributed by atoms with Gasteiger partial charge in [-0.1, -0.05) is 20.8 Å². The zero-order valence-electron chi connectivity index (χ0n) is 10.8. The molecular formula is C13H18N2O3. The van der Waals surface area contributed by atoms with Crippen LogP contribution in [0.1, 0.15) is 26.3 Å². The van der Waals surface area contributed by atoms with Crippen LogP contribution >= 0.6 is 0 Å². The van der Waals surface area contributed by atoms with Gasteiger partial charge in [0.05, 0.1) is 6.42 Å². The maximum Gasteiger partial charge on any atom is 0.326 e. The summed E-state index contributed by atoms with van der Waals surface area (Å²) in [5, 5.41) is 11.6. The molecule has 0 saturated carbocycles. The Bertz CT molecular complexity index is 424. The lowest BCUT2D eigenvalue weighted by atomic mass is 9.86. The van der Waals surface area contributed by atoms with E-state index in [1.807, 2.05) is 0 Å². The van der Waals surface area contributed by atoms with Crippen molar-refractivity contribution >= 4 is 11.9 Å². The highest BCUT2D eigenvalue weighted by Crippen LogP contribution is 2.19. The van der Waals surface area contributed by atoms with Crippen molar-refractivity contribution in [2.45, 2.75) is 33.2 Å². The maximum absolute atomic E-state index is 11.8. The molecule has 0 aliphatic heterocycles. The Morgan fingerprint density at radius 1 is 1.33 bits per heavy atom. The smallest absolute Gasteiger partial charge is 0.326 e. The highest BCUT2D eigenvalue weighted by Gasteiger charge is 2.32. The first-order valence-electron chi connectivity index (χ1n) is 5.72. The van der Waals surface area contributed by atoms with Crippen LogP contribution in [0, 0.1) is 5.41 Å². The van der Waals surface area contributed by atoms with Crippen LogP contribution in [-0.2, 0) is 16.0 Å². The Hall–Kier alpha value is -1.91. The van der Waals surface area contributed by atoms with Gasteiger partial charge in [0.25, 0.3) is 0 Å². The number of amides is 1. The number of rotatable bonds is 4. The number of aromatic nitrogens is 1. The fourth-order valence-corrected chi connectivity index (χ4v) is 1.55. The summed E-state index contributed by atoms with van der Waals surface area (Å²) in [6, 6.07) is 2.56. The number of pyridine rings is 1. The molecule has 0 bridgehead atoms. The van der Waals surface area contributed by atoms with Crippen molar-refractivity contribution in [2.75, 3.05) is 0 Å². The fourth-order valence-electron chi connectivity index (χ4n) is 1.55. The van der Waals surface area contributed by atoms with Gasteiger partial charge in [0, 0.05) is 12.4 Å². The summed E-state index contributed by atoms with van der Waals surface area (Å²) in [7, 11) is 0. The SMILES string of the molecule is CC(C)(C)[C@H](NC(=O)Cc1ccncc1)C(=O)O. The van der Waals surface area contributed by atoms with Crippen LogP contribution in [0.4, 0.5) is 0 Å². The predicted molar refractivity (Wildman–Crippen MR) is 67.0 cm³/mol. The van der Waals surface area contributed by atoms with E-state index < -0.39 is 17.4 Å². The van der Waals surface area contributed by atoms with Gasteiger partial charge in [-0.15, -0.1) is 0 Å². The van der Waals surface area contributed by atoms with Gasteiger partial charge in [0.15, 0.2) is 0 Å². The molecule has 0 saturated heterocycles. The number of aliphatic carboxylic acids is 1. The lowest BCUT2D eigenvalue weighted by Crippen LogP contribution is -2.49. The van der Waals surface area contributed by atoms with Gasteiger partial charge < -0.3 is 10.4 Å². The lowest BCUT2D eigenvalue weighted by molar-refractivity contribution is -0.144. The van der Waals surface area contributed by atoms with Crippen molar-refractivity contribution in [1.29, 1.82) is 0 Å². The number of carboxylic acids is 1. The third-order valence-corrected chi connectivity index (χ3v) is 2.53. The molecule has 1 rings (SSSR count). The Balaban J connectivity index is 2.66.